The average molecular weight is 517 g/mol. The van der Waals surface area contributed by atoms with Gasteiger partial charge in [0.2, 0.25) is 0 Å². The Labute approximate surface area is 221 Å². The highest BCUT2D eigenvalue weighted by molar-refractivity contribution is 6.30. The molecule has 0 aliphatic rings. The zero-order chi connectivity index (χ0) is 26.5. The molecule has 0 unspecified atom stereocenters. The first kappa shape index (κ1) is 26.0. The minimum Gasteiger partial charge on any atom is -0.453 e. The van der Waals surface area contributed by atoms with Crippen LogP contribution in [0.2, 0.25) is 5.02 Å². The summed E-state index contributed by atoms with van der Waals surface area (Å²) in [7, 11) is 1.74. The van der Waals surface area contributed by atoms with Crippen LogP contribution in [0.4, 0.5) is 11.4 Å². The summed E-state index contributed by atoms with van der Waals surface area (Å²) in [5.74, 6) is 1.10. The Hall–Kier alpha value is -4.10. The van der Waals surface area contributed by atoms with Crippen LogP contribution in [0.15, 0.2) is 83.8 Å². The van der Waals surface area contributed by atoms with Gasteiger partial charge in [0.1, 0.15) is 5.75 Å². The van der Waals surface area contributed by atoms with Crippen LogP contribution in [0, 0.1) is 0 Å². The summed E-state index contributed by atoms with van der Waals surface area (Å²) in [5, 5.41) is 7.98. The van der Waals surface area contributed by atoms with Crippen LogP contribution in [0.25, 0.3) is 5.69 Å². The van der Waals surface area contributed by atoms with Crippen molar-refractivity contribution in [2.75, 3.05) is 18.9 Å². The number of benzene rings is 3. The molecule has 1 N–H and O–H groups in total. The van der Waals surface area contributed by atoms with E-state index in [-0.39, 0.29) is 17.3 Å². The van der Waals surface area contributed by atoms with E-state index in [9.17, 15) is 9.59 Å². The highest BCUT2D eigenvalue weighted by atomic mass is 35.5. The second-order valence-electron chi connectivity index (χ2n) is 8.93. The first-order valence-electron chi connectivity index (χ1n) is 12.1. The summed E-state index contributed by atoms with van der Waals surface area (Å²) in [6.45, 7) is 6.73. The predicted octanol–water partition coefficient (Wildman–Crippen LogP) is 6.64. The summed E-state index contributed by atoms with van der Waals surface area (Å²) in [6.07, 6.45) is 1.49. The van der Waals surface area contributed by atoms with Crippen LogP contribution in [0.3, 0.4) is 0 Å². The van der Waals surface area contributed by atoms with Crippen molar-refractivity contribution >= 4 is 28.9 Å². The number of hydrogen-bond acceptors (Lipinski definition) is 5. The maximum atomic E-state index is 13.7. The quantitative estimate of drug-likeness (QED) is 0.284. The van der Waals surface area contributed by atoms with Gasteiger partial charge in [0.25, 0.3) is 11.5 Å². The molecule has 0 atom stereocenters. The molecule has 1 heterocycles. The second-order valence-corrected chi connectivity index (χ2v) is 9.37. The van der Waals surface area contributed by atoms with E-state index in [1.165, 1.54) is 16.4 Å². The van der Waals surface area contributed by atoms with Gasteiger partial charge in [-0.05, 0) is 66.9 Å². The summed E-state index contributed by atoms with van der Waals surface area (Å²) in [5.41, 5.74) is 2.51. The molecule has 0 aliphatic heterocycles. The zero-order valence-corrected chi connectivity index (χ0v) is 22.0. The molecule has 0 fully saturated rings. The molecular weight excluding hydrogens is 488 g/mol. The van der Waals surface area contributed by atoms with Gasteiger partial charge >= 0.3 is 0 Å². The number of carbonyl (C=O) groups excluding carboxylic acids is 1. The molecule has 1 amide bonds. The van der Waals surface area contributed by atoms with Crippen molar-refractivity contribution in [2.45, 2.75) is 26.7 Å². The number of amides is 1. The summed E-state index contributed by atoms with van der Waals surface area (Å²) >= 11 is 6.16. The molecule has 0 spiro atoms. The third-order valence-electron chi connectivity index (χ3n) is 5.97. The van der Waals surface area contributed by atoms with Crippen LogP contribution in [-0.4, -0.2) is 34.2 Å². The van der Waals surface area contributed by atoms with E-state index < -0.39 is 5.56 Å². The molecule has 3 aromatic carbocycles. The Balaban J connectivity index is 1.76. The standard InChI is InChI=1S/C29H29ClN4O3/c1-5-33(4)28(35)21-8-6-10-23(16-21)32-27-26(37-25-14-12-20(13-15-25)19(2)3)18-31-34(29(27)36)24-11-7-9-22(30)17-24/h6-19,32H,5H2,1-4H3. The van der Waals surface area contributed by atoms with E-state index in [0.717, 1.165) is 0 Å². The lowest BCUT2D eigenvalue weighted by Gasteiger charge is -2.17. The number of hydrogen-bond donors (Lipinski definition) is 1. The van der Waals surface area contributed by atoms with Gasteiger partial charge < -0.3 is 15.0 Å². The molecule has 1 aromatic heterocycles. The van der Waals surface area contributed by atoms with Crippen molar-refractivity contribution < 1.29 is 9.53 Å². The normalized spacial score (nSPS) is 10.9. The molecule has 37 heavy (non-hydrogen) atoms. The Bertz CT molecular complexity index is 1460. The molecule has 0 saturated heterocycles. The Morgan fingerprint density at radius 2 is 1.81 bits per heavy atom. The lowest BCUT2D eigenvalue weighted by atomic mass is 10.0. The molecular formula is C29H29ClN4O3. The van der Waals surface area contributed by atoms with Gasteiger partial charge in [-0.25, -0.2) is 0 Å². The van der Waals surface area contributed by atoms with Crippen molar-refractivity contribution in [3.05, 3.63) is 105 Å². The van der Waals surface area contributed by atoms with Gasteiger partial charge in [-0.3, -0.25) is 9.59 Å². The highest BCUT2D eigenvalue weighted by Crippen LogP contribution is 2.30. The van der Waals surface area contributed by atoms with Gasteiger partial charge in [0.05, 0.1) is 11.9 Å². The monoisotopic (exact) mass is 516 g/mol. The first-order valence-corrected chi connectivity index (χ1v) is 12.4. The molecule has 0 radical (unpaired) electrons. The van der Waals surface area contributed by atoms with Crippen LogP contribution >= 0.6 is 11.6 Å². The number of carbonyl (C=O) groups is 1. The second kappa shape index (κ2) is 11.3. The molecule has 0 aliphatic carbocycles. The van der Waals surface area contributed by atoms with Gasteiger partial charge in [-0.15, -0.1) is 0 Å². The Morgan fingerprint density at radius 1 is 1.08 bits per heavy atom. The molecule has 7 nitrogen and oxygen atoms in total. The fourth-order valence-corrected chi connectivity index (χ4v) is 3.89. The minimum absolute atomic E-state index is 0.112. The number of nitrogens with one attached hydrogen (secondary N) is 1. The summed E-state index contributed by atoms with van der Waals surface area (Å²) in [6, 6.07) is 21.6. The van der Waals surface area contributed by atoms with E-state index in [1.54, 1.807) is 60.5 Å². The van der Waals surface area contributed by atoms with Crippen molar-refractivity contribution in [2.24, 2.45) is 0 Å². The number of anilines is 2. The average Bonchev–Trinajstić information content (AvgIpc) is 2.90. The van der Waals surface area contributed by atoms with Crippen molar-refractivity contribution in [3.8, 4) is 17.2 Å². The van der Waals surface area contributed by atoms with E-state index >= 15 is 0 Å². The third-order valence-corrected chi connectivity index (χ3v) is 6.21. The molecule has 190 valence electrons. The van der Waals surface area contributed by atoms with E-state index in [2.05, 4.69) is 24.3 Å². The fraction of sp³-hybridized carbons (Fsp3) is 0.207. The van der Waals surface area contributed by atoms with E-state index in [0.29, 0.717) is 40.2 Å². The van der Waals surface area contributed by atoms with Crippen molar-refractivity contribution in [1.82, 2.24) is 14.7 Å². The lowest BCUT2D eigenvalue weighted by Crippen LogP contribution is -2.26. The number of ether oxygens (including phenoxy) is 1. The number of rotatable bonds is 8. The van der Waals surface area contributed by atoms with E-state index in [1.807, 2.05) is 31.2 Å². The zero-order valence-electron chi connectivity index (χ0n) is 21.2. The van der Waals surface area contributed by atoms with Crippen LogP contribution in [0.5, 0.6) is 11.5 Å². The summed E-state index contributed by atoms with van der Waals surface area (Å²) in [4.78, 5) is 28.0. The molecule has 4 aromatic rings. The van der Waals surface area contributed by atoms with Crippen LogP contribution < -0.4 is 15.6 Å². The molecule has 8 heteroatoms. The number of halogens is 1. The minimum atomic E-state index is -0.430. The Morgan fingerprint density at radius 3 is 2.49 bits per heavy atom. The first-order chi connectivity index (χ1) is 17.8. The maximum Gasteiger partial charge on any atom is 0.299 e. The largest absolute Gasteiger partial charge is 0.453 e. The summed E-state index contributed by atoms with van der Waals surface area (Å²) < 4.78 is 7.36. The van der Waals surface area contributed by atoms with Crippen LogP contribution in [0.1, 0.15) is 42.6 Å². The van der Waals surface area contributed by atoms with Gasteiger partial charge in [-0.2, -0.15) is 9.78 Å². The number of aromatic nitrogens is 2. The third kappa shape index (κ3) is 6.01. The van der Waals surface area contributed by atoms with Crippen molar-refractivity contribution in [3.63, 3.8) is 0 Å². The SMILES string of the molecule is CCN(C)C(=O)c1cccc(Nc2c(Oc3ccc(C(C)C)cc3)cnn(-c3cccc(Cl)c3)c2=O)c1. The lowest BCUT2D eigenvalue weighted by molar-refractivity contribution is 0.0802. The smallest absolute Gasteiger partial charge is 0.299 e. The van der Waals surface area contributed by atoms with Gasteiger partial charge in [0, 0.05) is 29.9 Å². The maximum absolute atomic E-state index is 13.7. The van der Waals surface area contributed by atoms with Gasteiger partial charge in [0.15, 0.2) is 11.4 Å². The molecule has 0 bridgehead atoms. The topological polar surface area (TPSA) is 76.5 Å². The Kier molecular flexibility index (Phi) is 7.94. The predicted molar refractivity (Wildman–Crippen MR) is 148 cm³/mol. The van der Waals surface area contributed by atoms with Gasteiger partial charge in [-0.1, -0.05) is 49.7 Å². The highest BCUT2D eigenvalue weighted by Gasteiger charge is 2.17. The van der Waals surface area contributed by atoms with E-state index in [4.69, 9.17) is 16.3 Å². The van der Waals surface area contributed by atoms with Crippen LogP contribution in [-0.2, 0) is 0 Å². The molecule has 0 saturated carbocycles. The van der Waals surface area contributed by atoms with Crippen molar-refractivity contribution in [1.29, 1.82) is 0 Å². The fourth-order valence-electron chi connectivity index (χ4n) is 3.71. The number of nitrogens with zero attached hydrogens (tertiary/aromatic N) is 3. The molecule has 4 rings (SSSR count).